The summed E-state index contributed by atoms with van der Waals surface area (Å²) >= 11 is 3.24. The third-order valence-electron chi connectivity index (χ3n) is 3.68. The number of amides is 1. The zero-order chi connectivity index (χ0) is 20.3. The summed E-state index contributed by atoms with van der Waals surface area (Å²) in [6, 6.07) is 14.3. The van der Waals surface area contributed by atoms with Gasteiger partial charge in [0.25, 0.3) is 15.9 Å². The van der Waals surface area contributed by atoms with Crippen LogP contribution >= 0.6 is 15.9 Å². The highest BCUT2D eigenvalue weighted by Crippen LogP contribution is 2.23. The average molecular weight is 467 g/mol. The van der Waals surface area contributed by atoms with Gasteiger partial charge in [0.15, 0.2) is 0 Å². The van der Waals surface area contributed by atoms with Gasteiger partial charge in [0.2, 0.25) is 0 Å². The molecule has 5 nitrogen and oxygen atoms in total. The van der Waals surface area contributed by atoms with E-state index >= 15 is 0 Å². The first kappa shape index (κ1) is 20.0. The summed E-state index contributed by atoms with van der Waals surface area (Å²) in [4.78, 5) is 11.8. The largest absolute Gasteiger partial charge is 0.319 e. The SMILES string of the molecule is O=C(Nc1ccc(S(=O)(=O)Nc2cccc(Br)c2)cc1F)c1ccc(F)cc1. The van der Waals surface area contributed by atoms with Crippen LogP contribution in [0.2, 0.25) is 0 Å². The molecule has 28 heavy (non-hydrogen) atoms. The minimum Gasteiger partial charge on any atom is -0.319 e. The van der Waals surface area contributed by atoms with Crippen molar-refractivity contribution in [2.75, 3.05) is 10.0 Å². The molecule has 0 aliphatic heterocycles. The lowest BCUT2D eigenvalue weighted by atomic mass is 10.2. The Morgan fingerprint density at radius 3 is 2.29 bits per heavy atom. The summed E-state index contributed by atoms with van der Waals surface area (Å²) in [5, 5.41) is 2.32. The molecule has 3 aromatic carbocycles. The fourth-order valence-corrected chi connectivity index (χ4v) is 3.79. The summed E-state index contributed by atoms with van der Waals surface area (Å²) in [6.07, 6.45) is 0. The molecule has 0 atom stereocenters. The van der Waals surface area contributed by atoms with Crippen LogP contribution in [0, 0.1) is 11.6 Å². The quantitative estimate of drug-likeness (QED) is 0.567. The van der Waals surface area contributed by atoms with E-state index in [0.29, 0.717) is 10.2 Å². The second-order valence-electron chi connectivity index (χ2n) is 5.72. The molecule has 3 rings (SSSR count). The van der Waals surface area contributed by atoms with Gasteiger partial charge < -0.3 is 5.32 Å². The maximum Gasteiger partial charge on any atom is 0.261 e. The number of anilines is 2. The average Bonchev–Trinajstić information content (AvgIpc) is 2.63. The van der Waals surface area contributed by atoms with E-state index in [2.05, 4.69) is 26.0 Å². The fourth-order valence-electron chi connectivity index (χ4n) is 2.33. The van der Waals surface area contributed by atoms with Gasteiger partial charge in [-0.15, -0.1) is 0 Å². The number of hydrogen-bond acceptors (Lipinski definition) is 3. The molecule has 0 aromatic heterocycles. The predicted molar refractivity (Wildman–Crippen MR) is 106 cm³/mol. The van der Waals surface area contributed by atoms with Gasteiger partial charge in [-0.1, -0.05) is 22.0 Å². The highest BCUT2D eigenvalue weighted by Gasteiger charge is 2.18. The Hall–Kier alpha value is -2.78. The maximum absolute atomic E-state index is 14.3. The number of hydrogen-bond donors (Lipinski definition) is 2. The number of carbonyl (C=O) groups excluding carboxylic acids is 1. The number of benzene rings is 3. The number of sulfonamides is 1. The van der Waals surface area contributed by atoms with Crippen LogP contribution in [-0.4, -0.2) is 14.3 Å². The van der Waals surface area contributed by atoms with Crippen molar-refractivity contribution in [2.45, 2.75) is 4.90 Å². The Morgan fingerprint density at radius 2 is 1.64 bits per heavy atom. The number of carbonyl (C=O) groups is 1. The molecule has 0 bridgehead atoms. The van der Waals surface area contributed by atoms with E-state index in [1.807, 2.05) is 0 Å². The molecule has 0 fully saturated rings. The normalized spacial score (nSPS) is 11.1. The Balaban J connectivity index is 1.79. The Kier molecular flexibility index (Phi) is 5.76. The van der Waals surface area contributed by atoms with Gasteiger partial charge in [-0.3, -0.25) is 9.52 Å². The van der Waals surface area contributed by atoms with Crippen LogP contribution in [-0.2, 0) is 10.0 Å². The van der Waals surface area contributed by atoms with Crippen LogP contribution in [0.15, 0.2) is 76.1 Å². The first-order valence-corrected chi connectivity index (χ1v) is 10.2. The summed E-state index contributed by atoms with van der Waals surface area (Å²) < 4.78 is 55.2. The topological polar surface area (TPSA) is 75.3 Å². The smallest absolute Gasteiger partial charge is 0.261 e. The third kappa shape index (κ3) is 4.73. The molecule has 1 amide bonds. The van der Waals surface area contributed by atoms with Crippen molar-refractivity contribution >= 4 is 43.2 Å². The monoisotopic (exact) mass is 466 g/mol. The number of nitrogens with one attached hydrogen (secondary N) is 2. The van der Waals surface area contributed by atoms with Gasteiger partial charge in [-0.25, -0.2) is 17.2 Å². The molecule has 3 aromatic rings. The third-order valence-corrected chi connectivity index (χ3v) is 5.55. The molecule has 0 spiro atoms. The lowest BCUT2D eigenvalue weighted by molar-refractivity contribution is 0.102. The van der Waals surface area contributed by atoms with E-state index in [1.165, 1.54) is 18.2 Å². The Bertz CT molecular complexity index is 1140. The van der Waals surface area contributed by atoms with Gasteiger partial charge in [0.05, 0.1) is 10.6 Å². The zero-order valence-electron chi connectivity index (χ0n) is 14.1. The van der Waals surface area contributed by atoms with E-state index in [1.54, 1.807) is 24.3 Å². The standard InChI is InChI=1S/C19H13BrF2N2O3S/c20-13-2-1-3-15(10-13)24-28(26,27)16-8-9-18(17(22)11-16)23-19(25)12-4-6-14(21)7-5-12/h1-11,24H,(H,23,25). The highest BCUT2D eigenvalue weighted by molar-refractivity contribution is 9.10. The van der Waals surface area contributed by atoms with E-state index < -0.39 is 27.6 Å². The zero-order valence-corrected chi connectivity index (χ0v) is 16.5. The van der Waals surface area contributed by atoms with Crippen molar-refractivity contribution in [3.63, 3.8) is 0 Å². The van der Waals surface area contributed by atoms with Crippen LogP contribution in [0.1, 0.15) is 10.4 Å². The molecule has 0 aliphatic carbocycles. The molecule has 2 N–H and O–H groups in total. The molecular formula is C19H13BrF2N2O3S. The van der Waals surface area contributed by atoms with Gasteiger partial charge in [-0.05, 0) is 60.7 Å². The second kappa shape index (κ2) is 8.07. The molecule has 0 aliphatic rings. The van der Waals surface area contributed by atoms with Crippen LogP contribution < -0.4 is 10.0 Å². The predicted octanol–water partition coefficient (Wildman–Crippen LogP) is 4.78. The molecular weight excluding hydrogens is 454 g/mol. The van der Waals surface area contributed by atoms with Crippen LogP contribution in [0.3, 0.4) is 0 Å². The minimum atomic E-state index is -4.02. The lowest BCUT2D eigenvalue weighted by Crippen LogP contribution is -2.15. The molecule has 0 saturated carbocycles. The number of rotatable bonds is 5. The summed E-state index contributed by atoms with van der Waals surface area (Å²) in [6.45, 7) is 0. The molecule has 0 radical (unpaired) electrons. The van der Waals surface area contributed by atoms with Gasteiger partial charge >= 0.3 is 0 Å². The van der Waals surface area contributed by atoms with Crippen LogP contribution in [0.4, 0.5) is 20.2 Å². The van der Waals surface area contributed by atoms with Crippen molar-refractivity contribution in [1.82, 2.24) is 0 Å². The van der Waals surface area contributed by atoms with Crippen LogP contribution in [0.25, 0.3) is 0 Å². The van der Waals surface area contributed by atoms with Gasteiger partial charge in [0.1, 0.15) is 11.6 Å². The van der Waals surface area contributed by atoms with E-state index in [4.69, 9.17) is 0 Å². The van der Waals surface area contributed by atoms with E-state index in [9.17, 15) is 22.0 Å². The van der Waals surface area contributed by atoms with Crippen molar-refractivity contribution in [3.8, 4) is 0 Å². The fraction of sp³-hybridized carbons (Fsp3) is 0. The summed E-state index contributed by atoms with van der Waals surface area (Å²) in [5.74, 6) is -2.08. The highest BCUT2D eigenvalue weighted by atomic mass is 79.9. The first-order chi connectivity index (χ1) is 13.2. The van der Waals surface area contributed by atoms with Gasteiger partial charge in [-0.2, -0.15) is 0 Å². The van der Waals surface area contributed by atoms with Gasteiger partial charge in [0, 0.05) is 15.7 Å². The summed E-state index contributed by atoms with van der Waals surface area (Å²) in [7, 11) is -4.02. The van der Waals surface area contributed by atoms with Crippen LogP contribution in [0.5, 0.6) is 0 Å². The number of halogens is 3. The Morgan fingerprint density at radius 1 is 0.929 bits per heavy atom. The van der Waals surface area contributed by atoms with Crippen molar-refractivity contribution in [3.05, 3.63) is 88.4 Å². The lowest BCUT2D eigenvalue weighted by Gasteiger charge is -2.11. The minimum absolute atomic E-state index is 0.133. The van der Waals surface area contributed by atoms with Crippen molar-refractivity contribution in [1.29, 1.82) is 0 Å². The van der Waals surface area contributed by atoms with Crippen molar-refractivity contribution in [2.24, 2.45) is 0 Å². The molecule has 0 saturated heterocycles. The second-order valence-corrected chi connectivity index (χ2v) is 8.32. The molecule has 0 heterocycles. The molecule has 144 valence electrons. The van der Waals surface area contributed by atoms with Crippen molar-refractivity contribution < 1.29 is 22.0 Å². The maximum atomic E-state index is 14.3. The van der Waals surface area contributed by atoms with E-state index in [0.717, 1.165) is 24.3 Å². The molecule has 9 heteroatoms. The van der Waals surface area contributed by atoms with E-state index in [-0.39, 0.29) is 16.1 Å². The molecule has 0 unspecified atom stereocenters. The summed E-state index contributed by atoms with van der Waals surface area (Å²) in [5.41, 5.74) is 0.244. The Labute approximate surface area is 168 Å². The first-order valence-electron chi connectivity index (χ1n) is 7.89.